The number of hydrogen-bond donors (Lipinski definition) is 2. The Labute approximate surface area is 271 Å². The van der Waals surface area contributed by atoms with Crippen LogP contribution in [0.2, 0.25) is 0 Å². The Hall–Kier alpha value is -4.65. The predicted octanol–water partition coefficient (Wildman–Crippen LogP) is 3.17. The molecule has 5 aliphatic rings. The molecule has 12 heteroatoms. The van der Waals surface area contributed by atoms with Crippen LogP contribution in [-0.4, -0.2) is 88.5 Å². The molecule has 0 unspecified atom stereocenters. The van der Waals surface area contributed by atoms with Gasteiger partial charge in [-0.05, 0) is 57.0 Å². The first-order chi connectivity index (χ1) is 22.5. The third-order valence-electron chi connectivity index (χ3n) is 10.6. The van der Waals surface area contributed by atoms with Gasteiger partial charge in [-0.1, -0.05) is 18.2 Å². The summed E-state index contributed by atoms with van der Waals surface area (Å²) >= 11 is 0. The molecule has 1 saturated heterocycles. The molecule has 5 atom stereocenters. The molecule has 2 N–H and O–H groups in total. The molecule has 8 rings (SSSR count). The van der Waals surface area contributed by atoms with Crippen LogP contribution in [0, 0.1) is 13.8 Å². The van der Waals surface area contributed by atoms with Gasteiger partial charge in [-0.25, -0.2) is 0 Å². The van der Waals surface area contributed by atoms with Crippen LogP contribution in [0.15, 0.2) is 30.3 Å². The van der Waals surface area contributed by atoms with Crippen LogP contribution in [0.5, 0.6) is 28.7 Å². The lowest BCUT2D eigenvalue weighted by atomic mass is 9.73. The van der Waals surface area contributed by atoms with Gasteiger partial charge in [-0.2, -0.15) is 0 Å². The number of amides is 2. The fourth-order valence-electron chi connectivity index (χ4n) is 8.68. The van der Waals surface area contributed by atoms with Crippen molar-refractivity contribution in [3.05, 3.63) is 74.8 Å². The molecule has 0 spiro atoms. The number of ether oxygens (including phenoxy) is 4. The molecule has 47 heavy (non-hydrogen) atoms. The van der Waals surface area contributed by atoms with Crippen LogP contribution in [0.3, 0.4) is 0 Å². The number of methoxy groups -OCH3 is 1. The van der Waals surface area contributed by atoms with Crippen molar-refractivity contribution < 1.29 is 43.5 Å². The van der Waals surface area contributed by atoms with Crippen LogP contribution in [0.1, 0.15) is 73.1 Å². The predicted molar refractivity (Wildman–Crippen MR) is 166 cm³/mol. The number of hydrogen-bond acceptors (Lipinski definition) is 11. The van der Waals surface area contributed by atoms with E-state index in [1.165, 1.54) is 18.9 Å². The van der Waals surface area contributed by atoms with E-state index in [0.717, 1.165) is 11.1 Å². The molecule has 1 fully saturated rings. The van der Waals surface area contributed by atoms with Gasteiger partial charge < -0.3 is 29.2 Å². The van der Waals surface area contributed by atoms with Crippen molar-refractivity contribution in [2.24, 2.45) is 0 Å². The Morgan fingerprint density at radius 1 is 1.00 bits per heavy atom. The van der Waals surface area contributed by atoms with E-state index >= 15 is 0 Å². The van der Waals surface area contributed by atoms with Crippen molar-refractivity contribution in [2.75, 3.05) is 27.5 Å². The summed E-state index contributed by atoms with van der Waals surface area (Å²) in [7, 11) is 3.45. The van der Waals surface area contributed by atoms with E-state index in [0.29, 0.717) is 69.2 Å². The second kappa shape index (κ2) is 10.4. The first-order valence-corrected chi connectivity index (χ1v) is 15.7. The highest BCUT2D eigenvalue weighted by Gasteiger charge is 2.57. The zero-order chi connectivity index (χ0) is 33.0. The monoisotopic (exact) mass is 641 g/mol. The fourth-order valence-corrected chi connectivity index (χ4v) is 8.68. The summed E-state index contributed by atoms with van der Waals surface area (Å²) in [4.78, 5) is 45.2. The van der Waals surface area contributed by atoms with Crippen molar-refractivity contribution in [3.63, 3.8) is 0 Å². The minimum atomic E-state index is -1.04. The fraction of sp³-hybridized carbons (Fsp3) is 0.400. The molecule has 244 valence electrons. The molecule has 0 saturated carbocycles. The zero-order valence-electron chi connectivity index (χ0n) is 26.7. The van der Waals surface area contributed by atoms with Gasteiger partial charge in [-0.15, -0.1) is 0 Å². The molecule has 5 heterocycles. The van der Waals surface area contributed by atoms with E-state index in [-0.39, 0.29) is 25.1 Å². The van der Waals surface area contributed by atoms with E-state index in [9.17, 15) is 24.6 Å². The summed E-state index contributed by atoms with van der Waals surface area (Å²) in [6, 6.07) is 6.62. The first-order valence-electron chi connectivity index (χ1n) is 15.7. The molecule has 12 nitrogen and oxygen atoms in total. The maximum atomic E-state index is 13.7. The average molecular weight is 642 g/mol. The van der Waals surface area contributed by atoms with Crippen LogP contribution >= 0.6 is 0 Å². The summed E-state index contributed by atoms with van der Waals surface area (Å²) in [5, 5.41) is 24.0. The normalized spacial score (nSPS) is 25.7. The quantitative estimate of drug-likeness (QED) is 0.247. The number of aliphatic hydroxyl groups is 1. The van der Waals surface area contributed by atoms with Gasteiger partial charge in [-0.3, -0.25) is 29.1 Å². The third kappa shape index (κ3) is 4.01. The highest BCUT2D eigenvalue weighted by molar-refractivity contribution is 6.21. The second-order valence-corrected chi connectivity index (χ2v) is 12.9. The standard InChI is InChI=1S/C35H35N3O9/c1-15-10-18-11-23-35(43)38-22(27(36(23)4)25(18)28(40)29(15)44-5)12-21-26(32-31(45-14-46-32)16(2)30(21)47-17(3)39)24(38)13-37-33(41)19-8-6-7-9-20(19)34(37)42/h6-10,22-24,27,35,40,43H,11-14H2,1-5H3/t22-,23-,24-,27-,35-/m0/s1. The van der Waals surface area contributed by atoms with Gasteiger partial charge in [0.2, 0.25) is 6.79 Å². The number of phenols is 1. The SMILES string of the molecule is COc1c(C)cc2c(c1O)[C@@H]1[C@@H]3Cc4c(OC(C)=O)c(C)c5c(c4[C@H](CN4C(=O)c6ccccc6C4=O)N3[C@@H](O)[C@H](C2)N1C)OCO5. The average Bonchev–Trinajstić information content (AvgIpc) is 3.62. The molecular formula is C35H35N3O9. The number of aromatic hydroxyl groups is 1. The molecule has 2 amide bonds. The molecule has 0 aromatic heterocycles. The maximum Gasteiger partial charge on any atom is 0.308 e. The van der Waals surface area contributed by atoms with Crippen LogP contribution < -0.4 is 18.9 Å². The third-order valence-corrected chi connectivity index (χ3v) is 10.6. The number of aliphatic hydroxyl groups excluding tert-OH is 1. The molecule has 5 aliphatic heterocycles. The molecule has 0 radical (unpaired) electrons. The number of phenolic OH excluding ortho intramolecular Hbond substituents is 1. The number of rotatable bonds is 4. The zero-order valence-corrected chi connectivity index (χ0v) is 26.7. The van der Waals surface area contributed by atoms with Gasteiger partial charge in [0.1, 0.15) is 12.0 Å². The van der Waals surface area contributed by atoms with Gasteiger partial charge in [0.15, 0.2) is 23.0 Å². The van der Waals surface area contributed by atoms with Crippen molar-refractivity contribution in [3.8, 4) is 28.7 Å². The summed E-state index contributed by atoms with van der Waals surface area (Å²) in [6.07, 6.45) is -0.298. The van der Waals surface area contributed by atoms with E-state index < -0.39 is 42.1 Å². The van der Waals surface area contributed by atoms with E-state index in [4.69, 9.17) is 18.9 Å². The lowest BCUT2D eigenvalue weighted by Crippen LogP contribution is -2.69. The summed E-state index contributed by atoms with van der Waals surface area (Å²) < 4.78 is 23.5. The molecule has 3 aromatic rings. The highest BCUT2D eigenvalue weighted by Crippen LogP contribution is 2.58. The Morgan fingerprint density at radius 3 is 2.34 bits per heavy atom. The number of likely N-dealkylation sites (N-methyl/N-ethyl adjacent to an activating group) is 1. The maximum absolute atomic E-state index is 13.7. The Bertz CT molecular complexity index is 1870. The second-order valence-electron chi connectivity index (χ2n) is 12.9. The molecular weight excluding hydrogens is 606 g/mol. The van der Waals surface area contributed by atoms with Crippen molar-refractivity contribution in [1.82, 2.24) is 14.7 Å². The highest BCUT2D eigenvalue weighted by atomic mass is 16.7. The van der Waals surface area contributed by atoms with Crippen molar-refractivity contribution >= 4 is 17.8 Å². The van der Waals surface area contributed by atoms with Crippen LogP contribution in [0.4, 0.5) is 0 Å². The number of aryl methyl sites for hydroxylation is 1. The van der Waals surface area contributed by atoms with E-state index in [1.807, 2.05) is 24.9 Å². The summed E-state index contributed by atoms with van der Waals surface area (Å²) in [5.74, 6) is 0.221. The molecule has 2 bridgehead atoms. The first kappa shape index (κ1) is 29.7. The number of imide groups is 1. The lowest BCUT2D eigenvalue weighted by Gasteiger charge is -2.60. The topological polar surface area (TPSA) is 138 Å². The smallest absolute Gasteiger partial charge is 0.308 e. The number of fused-ring (bicyclic) bond motifs is 10. The van der Waals surface area contributed by atoms with Crippen LogP contribution in [0.25, 0.3) is 0 Å². The van der Waals surface area contributed by atoms with Crippen molar-refractivity contribution in [2.45, 2.75) is 64.0 Å². The Balaban J connectivity index is 1.36. The van der Waals surface area contributed by atoms with E-state index in [1.54, 1.807) is 31.2 Å². The number of esters is 1. The van der Waals surface area contributed by atoms with Gasteiger partial charge in [0.25, 0.3) is 11.8 Å². The lowest BCUT2D eigenvalue weighted by molar-refractivity contribution is -0.173. The van der Waals surface area contributed by atoms with Gasteiger partial charge in [0, 0.05) is 41.8 Å². The minimum absolute atomic E-state index is 0.0407. The largest absolute Gasteiger partial charge is 0.504 e. The Morgan fingerprint density at radius 2 is 1.68 bits per heavy atom. The number of carbonyl (C=O) groups is 3. The number of benzene rings is 3. The summed E-state index contributed by atoms with van der Waals surface area (Å²) in [5.41, 5.74) is 4.88. The summed E-state index contributed by atoms with van der Waals surface area (Å²) in [6.45, 7) is 4.83. The van der Waals surface area contributed by atoms with Crippen molar-refractivity contribution in [1.29, 1.82) is 0 Å². The molecule has 0 aliphatic carbocycles. The number of piperazine rings is 1. The molecule has 3 aromatic carbocycles. The van der Waals surface area contributed by atoms with Gasteiger partial charge >= 0.3 is 5.97 Å². The van der Waals surface area contributed by atoms with Crippen LogP contribution in [-0.2, 0) is 17.6 Å². The van der Waals surface area contributed by atoms with E-state index in [2.05, 4.69) is 4.90 Å². The van der Waals surface area contributed by atoms with Gasteiger partial charge in [0.05, 0.1) is 36.4 Å². The number of carbonyl (C=O) groups excluding carboxylic acids is 3. The number of nitrogens with zero attached hydrogens (tertiary/aromatic N) is 3. The minimum Gasteiger partial charge on any atom is -0.504 e. The Kier molecular flexibility index (Phi) is 6.60.